The van der Waals surface area contributed by atoms with Gasteiger partial charge in [0.2, 0.25) is 0 Å². The van der Waals surface area contributed by atoms with Crippen LogP contribution in [0.2, 0.25) is 0 Å². The van der Waals surface area contributed by atoms with Crippen LogP contribution in [0.1, 0.15) is 127 Å². The average molecular weight is 1230 g/mol. The van der Waals surface area contributed by atoms with Crippen LogP contribution in [0.25, 0.3) is 22.5 Å². The third-order valence-corrected chi connectivity index (χ3v) is 17.3. The fourth-order valence-corrected chi connectivity index (χ4v) is 12.7. The molecule has 12 rings (SSSR count). The second-order valence-electron chi connectivity index (χ2n) is 21.3. The van der Waals surface area contributed by atoms with E-state index >= 15 is 0 Å². The van der Waals surface area contributed by atoms with Crippen molar-refractivity contribution in [3.8, 4) is 34.0 Å². The van der Waals surface area contributed by atoms with Gasteiger partial charge in [-0.25, -0.2) is 8.78 Å². The van der Waals surface area contributed by atoms with E-state index in [1.54, 1.807) is 48.5 Å². The van der Waals surface area contributed by atoms with Crippen molar-refractivity contribution in [2.24, 2.45) is 29.4 Å². The van der Waals surface area contributed by atoms with Gasteiger partial charge in [0.1, 0.15) is 46.0 Å². The van der Waals surface area contributed by atoms with Crippen molar-refractivity contribution < 1.29 is 67.9 Å². The summed E-state index contributed by atoms with van der Waals surface area (Å²) in [7, 11) is 0. The van der Waals surface area contributed by atoms with Gasteiger partial charge in [-0.1, -0.05) is 52.8 Å². The number of rotatable bonds is 16. The van der Waals surface area contributed by atoms with Crippen LogP contribution >= 0.6 is 31.9 Å². The Morgan fingerprint density at radius 3 is 1.49 bits per heavy atom. The SMILES string of the molecule is Fc1c(Br)cccc1CNC1C2CCC1CC(OCc1c(-c3ccccc3OC(F)(F)F)noc1C1CC1)C2.NC1C2CCC1CC(OCc1c(-c3ccccc3OC(F)(F)F)noc1C1CC1)C2.O=Cc1cccc(Br)c1F. The average Bonchev–Trinajstić information content (AvgIpc) is 4.52. The molecule has 11 nitrogen and oxygen atoms in total. The molecule has 21 heteroatoms. The quantitative estimate of drug-likeness (QED) is 0.0706. The van der Waals surface area contributed by atoms with Gasteiger partial charge in [0.25, 0.3) is 0 Å². The molecule has 4 unspecified atom stereocenters. The molecule has 6 aliphatic rings. The number of nitrogens with zero attached hydrogens (tertiary/aromatic N) is 2. The maximum absolute atomic E-state index is 14.4. The molecule has 4 bridgehead atoms. The van der Waals surface area contributed by atoms with Crippen LogP contribution in [-0.2, 0) is 29.2 Å². The number of alkyl halides is 6. The van der Waals surface area contributed by atoms with Crippen LogP contribution in [0, 0.1) is 35.3 Å². The largest absolute Gasteiger partial charge is 0.573 e. The smallest absolute Gasteiger partial charge is 0.405 e. The molecule has 0 radical (unpaired) electrons. The number of aromatic nitrogens is 2. The summed E-state index contributed by atoms with van der Waals surface area (Å²) < 4.78 is 138. The van der Waals surface area contributed by atoms with Crippen molar-refractivity contribution in [1.29, 1.82) is 0 Å². The van der Waals surface area contributed by atoms with E-state index in [-0.39, 0.29) is 77.3 Å². The molecule has 0 spiro atoms. The van der Waals surface area contributed by atoms with Crippen molar-refractivity contribution in [3.63, 3.8) is 0 Å². The summed E-state index contributed by atoms with van der Waals surface area (Å²) in [6, 6.07) is 22.5. The van der Waals surface area contributed by atoms with Gasteiger partial charge in [0.05, 0.1) is 39.9 Å². The maximum atomic E-state index is 14.4. The van der Waals surface area contributed by atoms with E-state index in [1.165, 1.54) is 30.3 Å². The number of benzene rings is 4. The Bertz CT molecular complexity index is 3050. The number of para-hydroxylation sites is 2. The molecular formula is C58H58Br2F8N4O7. The summed E-state index contributed by atoms with van der Waals surface area (Å²) >= 11 is 6.21. The second kappa shape index (κ2) is 24.5. The van der Waals surface area contributed by atoms with Gasteiger partial charge in [-0.2, -0.15) is 0 Å². The molecule has 6 saturated carbocycles. The summed E-state index contributed by atoms with van der Waals surface area (Å²) in [5.74, 6) is 2.42. The number of aldehydes is 1. The van der Waals surface area contributed by atoms with Crippen molar-refractivity contribution >= 4 is 38.1 Å². The summed E-state index contributed by atoms with van der Waals surface area (Å²) in [6.45, 7) is 0.962. The van der Waals surface area contributed by atoms with Gasteiger partial charge < -0.3 is 39.0 Å². The summed E-state index contributed by atoms with van der Waals surface area (Å²) in [6.07, 6.45) is 3.05. The zero-order chi connectivity index (χ0) is 55.6. The van der Waals surface area contributed by atoms with Gasteiger partial charge in [-0.15, -0.1) is 26.3 Å². The molecule has 3 N–H and O–H groups in total. The molecule has 79 heavy (non-hydrogen) atoms. The summed E-state index contributed by atoms with van der Waals surface area (Å²) in [5, 5.41) is 11.9. The minimum atomic E-state index is -4.81. The standard InChI is InChI=1S/C29H29BrF4N2O3.C22H25F3N2O3.C7H4BrFO/c30-23-6-3-4-19(25(23)31)14-35-26-17-10-11-18(26)13-20(12-17)37-15-22-27(36-39-28(22)16-8-9-16)21-5-1-2-7-24(21)38-29(32,33)34;23-22(24,25)29-18-4-2-1-3-16(18)20-17(21(30-27-20)12-5-6-12)11-28-15-9-13-7-8-14(10-15)19(13)26;8-6-3-1-2-5(4-10)7(6)9/h1-7,16-18,20,26,35H,8-15H2;1-4,12-15,19H,5-11,26H2;1-4H. The van der Waals surface area contributed by atoms with Crippen molar-refractivity contribution in [3.05, 3.63) is 139 Å². The second-order valence-corrected chi connectivity index (χ2v) is 23.1. The highest BCUT2D eigenvalue weighted by Crippen LogP contribution is 2.49. The Labute approximate surface area is 467 Å². The lowest BCUT2D eigenvalue weighted by molar-refractivity contribution is -0.275. The van der Waals surface area contributed by atoms with Crippen molar-refractivity contribution in [2.45, 2.75) is 146 Å². The predicted molar refractivity (Wildman–Crippen MR) is 281 cm³/mol. The molecule has 0 amide bonds. The summed E-state index contributed by atoms with van der Waals surface area (Å²) in [5.41, 5.74) is 9.65. The number of nitrogens with two attached hydrogens (primary N) is 1. The Morgan fingerprint density at radius 2 is 1.04 bits per heavy atom. The lowest BCUT2D eigenvalue weighted by atomic mass is 9.82. The highest BCUT2D eigenvalue weighted by molar-refractivity contribution is 9.10. The molecule has 2 aromatic heterocycles. The number of hydrogen-bond acceptors (Lipinski definition) is 11. The van der Waals surface area contributed by atoms with E-state index in [1.807, 2.05) is 6.07 Å². The lowest BCUT2D eigenvalue weighted by Gasteiger charge is -2.36. The first kappa shape index (κ1) is 57.1. The van der Waals surface area contributed by atoms with Crippen molar-refractivity contribution in [2.75, 3.05) is 0 Å². The van der Waals surface area contributed by atoms with Gasteiger partial charge in [-0.05, 0) is 175 Å². The monoisotopic (exact) mass is 1230 g/mol. The number of carbonyl (C=O) groups is 1. The predicted octanol–water partition coefficient (Wildman–Crippen LogP) is 15.4. The maximum Gasteiger partial charge on any atom is 0.573 e. The molecule has 4 aromatic carbocycles. The van der Waals surface area contributed by atoms with E-state index < -0.39 is 18.5 Å². The number of fused-ring (bicyclic) bond motifs is 4. The van der Waals surface area contributed by atoms with E-state index in [9.17, 15) is 39.9 Å². The molecule has 4 atom stereocenters. The number of nitrogens with one attached hydrogen (secondary N) is 1. The minimum absolute atomic E-state index is 0.0274. The minimum Gasteiger partial charge on any atom is -0.405 e. The highest BCUT2D eigenvalue weighted by atomic mass is 79.9. The number of ether oxygens (including phenoxy) is 4. The third-order valence-electron chi connectivity index (χ3n) is 16.0. The van der Waals surface area contributed by atoms with E-state index in [0.29, 0.717) is 79.8 Å². The zero-order valence-electron chi connectivity index (χ0n) is 42.6. The molecule has 6 fully saturated rings. The van der Waals surface area contributed by atoms with E-state index in [0.717, 1.165) is 88.4 Å². The van der Waals surface area contributed by atoms with E-state index in [4.69, 9.17) is 24.3 Å². The lowest BCUT2D eigenvalue weighted by Crippen LogP contribution is -2.44. The first-order valence-electron chi connectivity index (χ1n) is 26.6. The molecular weight excluding hydrogens is 1180 g/mol. The van der Waals surface area contributed by atoms with E-state index in [2.05, 4.69) is 57.0 Å². The molecule has 422 valence electrons. The molecule has 0 saturated heterocycles. The van der Waals surface area contributed by atoms with Gasteiger partial charge in [0.15, 0.2) is 6.29 Å². The number of hydrogen-bond donors (Lipinski definition) is 2. The molecule has 6 aliphatic carbocycles. The van der Waals surface area contributed by atoms with Gasteiger partial charge >= 0.3 is 12.7 Å². The molecule has 6 aromatic rings. The Morgan fingerprint density at radius 1 is 0.595 bits per heavy atom. The first-order chi connectivity index (χ1) is 37.9. The van der Waals surface area contributed by atoms with Crippen molar-refractivity contribution in [1.82, 2.24) is 15.6 Å². The normalized spacial score (nSPS) is 24.3. The number of carbonyl (C=O) groups excluding carboxylic acids is 1. The van der Waals surface area contributed by atoms with Crippen LogP contribution in [0.5, 0.6) is 11.5 Å². The fraction of sp³-hybridized carbons (Fsp3) is 0.466. The van der Waals surface area contributed by atoms with Gasteiger partial charge in [-0.3, -0.25) is 4.79 Å². The van der Waals surface area contributed by atoms with Gasteiger partial charge in [0, 0.05) is 58.3 Å². The van der Waals surface area contributed by atoms with Crippen LogP contribution in [0.4, 0.5) is 35.1 Å². The fourth-order valence-electron chi connectivity index (χ4n) is 12.0. The molecule has 2 heterocycles. The topological polar surface area (TPSA) is 144 Å². The van der Waals surface area contributed by atoms with Crippen LogP contribution < -0.4 is 20.5 Å². The van der Waals surface area contributed by atoms with Crippen LogP contribution in [-0.4, -0.2) is 53.6 Å². The number of halogens is 10. The molecule has 0 aliphatic heterocycles. The van der Waals surface area contributed by atoms with Crippen LogP contribution in [0.15, 0.2) is 103 Å². The Kier molecular flexibility index (Phi) is 17.7. The summed E-state index contributed by atoms with van der Waals surface area (Å²) in [4.78, 5) is 10.1. The third kappa shape index (κ3) is 13.9. The first-order valence-corrected chi connectivity index (χ1v) is 28.2. The highest BCUT2D eigenvalue weighted by Gasteiger charge is 2.45. The Balaban J connectivity index is 0.000000155. The zero-order valence-corrected chi connectivity index (χ0v) is 45.8. The Hall–Kier alpha value is -5.19. The van der Waals surface area contributed by atoms with Crippen LogP contribution in [0.3, 0.4) is 0 Å².